The molecule has 0 aromatic heterocycles. The van der Waals surface area contributed by atoms with Crippen LogP contribution in [-0.4, -0.2) is 59.9 Å². The van der Waals surface area contributed by atoms with Gasteiger partial charge in [0.2, 0.25) is 0 Å². The van der Waals surface area contributed by atoms with Crippen molar-refractivity contribution in [1.29, 1.82) is 5.26 Å². The van der Waals surface area contributed by atoms with Crippen molar-refractivity contribution in [2.24, 2.45) is 5.73 Å². The molecule has 1 fully saturated rings. The highest BCUT2D eigenvalue weighted by atomic mass is 19.1. The van der Waals surface area contributed by atoms with E-state index in [1.165, 1.54) is 52.3 Å². The summed E-state index contributed by atoms with van der Waals surface area (Å²) in [4.78, 5) is 41.3. The second kappa shape index (κ2) is 9.15. The molecule has 30 heavy (non-hydrogen) atoms. The molecule has 1 aliphatic rings. The van der Waals surface area contributed by atoms with E-state index >= 15 is 0 Å². The van der Waals surface area contributed by atoms with Crippen molar-refractivity contribution in [3.63, 3.8) is 0 Å². The molecule has 1 atom stereocenters. The van der Waals surface area contributed by atoms with Gasteiger partial charge in [0.05, 0.1) is 11.6 Å². The van der Waals surface area contributed by atoms with Crippen LogP contribution in [0.15, 0.2) is 48.5 Å². The van der Waals surface area contributed by atoms with Gasteiger partial charge >= 0.3 is 0 Å². The maximum absolute atomic E-state index is 13.6. The largest absolute Gasteiger partial charge is 0.351 e. The van der Waals surface area contributed by atoms with Crippen LogP contribution in [0, 0.1) is 17.1 Å². The second-order valence-corrected chi connectivity index (χ2v) is 6.65. The van der Waals surface area contributed by atoms with Gasteiger partial charge in [-0.25, -0.2) is 4.39 Å². The molecule has 1 unspecified atom stereocenters. The molecule has 3 amide bonds. The van der Waals surface area contributed by atoms with Crippen LogP contribution in [-0.2, 0) is 4.79 Å². The number of hydrogen-bond acceptors (Lipinski definition) is 5. The lowest BCUT2D eigenvalue weighted by atomic mass is 10.1. The van der Waals surface area contributed by atoms with Crippen LogP contribution in [0.4, 0.5) is 4.39 Å². The Balaban J connectivity index is 1.90. The number of carbonyl (C=O) groups excluding carboxylic acids is 3. The normalized spacial score (nSPS) is 15.6. The SMILES string of the molecule is N#Cc1ccc(C(=O)N2CCN(C(=O)c3cccc(F)c3)C2C(=O)NCCN)cc1. The van der Waals surface area contributed by atoms with Crippen molar-refractivity contribution < 1.29 is 18.8 Å². The highest BCUT2D eigenvalue weighted by Crippen LogP contribution is 2.21. The molecular formula is C21H20FN5O3. The zero-order valence-electron chi connectivity index (χ0n) is 16.0. The fraction of sp³-hybridized carbons (Fsp3) is 0.238. The van der Waals surface area contributed by atoms with E-state index in [2.05, 4.69) is 5.32 Å². The number of nitriles is 1. The van der Waals surface area contributed by atoms with Crippen molar-refractivity contribution in [3.05, 3.63) is 71.0 Å². The van der Waals surface area contributed by atoms with Gasteiger partial charge < -0.3 is 20.9 Å². The molecule has 0 bridgehead atoms. The summed E-state index contributed by atoms with van der Waals surface area (Å²) in [5.41, 5.74) is 6.21. The molecule has 2 aromatic rings. The van der Waals surface area contributed by atoms with Crippen LogP contribution in [0.1, 0.15) is 26.3 Å². The number of benzene rings is 2. The molecule has 1 heterocycles. The number of nitrogens with one attached hydrogen (secondary N) is 1. The fourth-order valence-corrected chi connectivity index (χ4v) is 3.26. The molecule has 0 saturated carbocycles. The maximum Gasteiger partial charge on any atom is 0.263 e. The van der Waals surface area contributed by atoms with Crippen LogP contribution in [0.3, 0.4) is 0 Å². The molecule has 0 spiro atoms. The van der Waals surface area contributed by atoms with Gasteiger partial charge in [-0.15, -0.1) is 0 Å². The highest BCUT2D eigenvalue weighted by molar-refractivity contribution is 6.02. The van der Waals surface area contributed by atoms with Gasteiger partial charge in [0.25, 0.3) is 17.7 Å². The first kappa shape index (κ1) is 21.0. The van der Waals surface area contributed by atoms with Crippen molar-refractivity contribution in [2.45, 2.75) is 6.17 Å². The van der Waals surface area contributed by atoms with E-state index in [0.717, 1.165) is 6.07 Å². The van der Waals surface area contributed by atoms with Gasteiger partial charge in [0, 0.05) is 37.3 Å². The van der Waals surface area contributed by atoms with Crippen LogP contribution in [0.2, 0.25) is 0 Å². The minimum absolute atomic E-state index is 0.0827. The van der Waals surface area contributed by atoms with Gasteiger partial charge in [0.15, 0.2) is 6.17 Å². The summed E-state index contributed by atoms with van der Waals surface area (Å²) < 4.78 is 13.6. The van der Waals surface area contributed by atoms with Crippen LogP contribution >= 0.6 is 0 Å². The van der Waals surface area contributed by atoms with E-state index in [1.807, 2.05) is 6.07 Å². The summed E-state index contributed by atoms with van der Waals surface area (Å²) in [6.45, 7) is 0.606. The molecule has 9 heteroatoms. The Morgan fingerprint density at radius 3 is 2.27 bits per heavy atom. The van der Waals surface area contributed by atoms with E-state index < -0.39 is 29.7 Å². The molecule has 0 radical (unpaired) electrons. The van der Waals surface area contributed by atoms with Gasteiger partial charge in [-0.3, -0.25) is 14.4 Å². The molecular weight excluding hydrogens is 389 g/mol. The van der Waals surface area contributed by atoms with Crippen LogP contribution in [0.25, 0.3) is 0 Å². The predicted octanol–water partition coefficient (Wildman–Crippen LogP) is 0.697. The Bertz CT molecular complexity index is 1000. The maximum atomic E-state index is 13.6. The predicted molar refractivity (Wildman–Crippen MR) is 105 cm³/mol. The number of amides is 3. The number of carbonyl (C=O) groups is 3. The number of hydrogen-bond donors (Lipinski definition) is 2. The van der Waals surface area contributed by atoms with Crippen LogP contribution < -0.4 is 11.1 Å². The smallest absolute Gasteiger partial charge is 0.263 e. The van der Waals surface area contributed by atoms with Gasteiger partial charge in [-0.05, 0) is 42.5 Å². The van der Waals surface area contributed by atoms with Crippen molar-refractivity contribution >= 4 is 17.7 Å². The molecule has 1 saturated heterocycles. The summed E-state index contributed by atoms with van der Waals surface area (Å²) in [6.07, 6.45) is -1.20. The Morgan fingerprint density at radius 1 is 1.07 bits per heavy atom. The molecule has 3 rings (SSSR count). The summed E-state index contributed by atoms with van der Waals surface area (Å²) in [6, 6.07) is 13.1. The van der Waals surface area contributed by atoms with E-state index in [0.29, 0.717) is 5.56 Å². The standard InChI is InChI=1S/C21H20FN5O3/c22-17-3-1-2-16(12-17)21(30)27-11-10-26(19(27)18(28)25-9-8-23)20(29)15-6-4-14(13-24)5-7-15/h1-7,12,19H,8-11,23H2,(H,25,28). The molecule has 0 aliphatic carbocycles. The van der Waals surface area contributed by atoms with Crippen LogP contribution in [0.5, 0.6) is 0 Å². The Hall–Kier alpha value is -3.77. The van der Waals surface area contributed by atoms with E-state index in [-0.39, 0.29) is 37.3 Å². The summed E-state index contributed by atoms with van der Waals surface area (Å²) in [5, 5.41) is 11.5. The van der Waals surface area contributed by atoms with Crippen molar-refractivity contribution in [1.82, 2.24) is 15.1 Å². The topological polar surface area (TPSA) is 120 Å². The molecule has 1 aliphatic heterocycles. The lowest BCUT2D eigenvalue weighted by molar-refractivity contribution is -0.128. The van der Waals surface area contributed by atoms with Gasteiger partial charge in [-0.1, -0.05) is 6.07 Å². The Kier molecular flexibility index (Phi) is 6.39. The Morgan fingerprint density at radius 2 is 1.70 bits per heavy atom. The lowest BCUT2D eigenvalue weighted by Gasteiger charge is -2.29. The van der Waals surface area contributed by atoms with E-state index in [9.17, 15) is 18.8 Å². The number of rotatable bonds is 5. The first-order chi connectivity index (χ1) is 14.5. The van der Waals surface area contributed by atoms with Gasteiger partial charge in [-0.2, -0.15) is 5.26 Å². The van der Waals surface area contributed by atoms with Gasteiger partial charge in [0.1, 0.15) is 5.82 Å². The minimum Gasteiger partial charge on any atom is -0.351 e. The zero-order chi connectivity index (χ0) is 21.7. The number of halogens is 1. The first-order valence-electron chi connectivity index (χ1n) is 9.31. The molecule has 3 N–H and O–H groups in total. The average Bonchev–Trinajstić information content (AvgIpc) is 3.21. The quantitative estimate of drug-likeness (QED) is 0.753. The van der Waals surface area contributed by atoms with E-state index in [1.54, 1.807) is 0 Å². The van der Waals surface area contributed by atoms with E-state index in [4.69, 9.17) is 11.0 Å². The first-order valence-corrected chi connectivity index (χ1v) is 9.31. The third-order valence-electron chi connectivity index (χ3n) is 4.70. The monoisotopic (exact) mass is 409 g/mol. The zero-order valence-corrected chi connectivity index (χ0v) is 16.0. The second-order valence-electron chi connectivity index (χ2n) is 6.65. The molecule has 8 nitrogen and oxygen atoms in total. The summed E-state index contributed by atoms with van der Waals surface area (Å²) in [5.74, 6) is -2.14. The fourth-order valence-electron chi connectivity index (χ4n) is 3.26. The number of nitrogens with zero attached hydrogens (tertiary/aromatic N) is 3. The lowest BCUT2D eigenvalue weighted by Crippen LogP contribution is -2.54. The molecule has 2 aromatic carbocycles. The minimum atomic E-state index is -1.20. The van der Waals surface area contributed by atoms with Crippen molar-refractivity contribution in [2.75, 3.05) is 26.2 Å². The molecule has 154 valence electrons. The third-order valence-corrected chi connectivity index (χ3v) is 4.70. The third kappa shape index (κ3) is 4.29. The number of nitrogens with two attached hydrogens (primary N) is 1. The summed E-state index contributed by atoms with van der Waals surface area (Å²) in [7, 11) is 0. The van der Waals surface area contributed by atoms with Crippen molar-refractivity contribution in [3.8, 4) is 6.07 Å². The summed E-state index contributed by atoms with van der Waals surface area (Å²) >= 11 is 0. The highest BCUT2D eigenvalue weighted by Gasteiger charge is 2.43. The Labute approximate surface area is 172 Å². The average molecular weight is 409 g/mol.